The van der Waals surface area contributed by atoms with E-state index in [4.69, 9.17) is 4.52 Å². The molecule has 0 unspecified atom stereocenters. The van der Waals surface area contributed by atoms with Crippen molar-refractivity contribution in [1.82, 2.24) is 29.9 Å². The number of halogens is 2. The molecular formula is C20H18F2N6O2. The van der Waals surface area contributed by atoms with Gasteiger partial charge in [-0.1, -0.05) is 11.2 Å². The van der Waals surface area contributed by atoms with Crippen molar-refractivity contribution in [1.29, 1.82) is 0 Å². The molecule has 0 amide bonds. The third kappa shape index (κ3) is 4.48. The summed E-state index contributed by atoms with van der Waals surface area (Å²) in [6, 6.07) is 11.7. The van der Waals surface area contributed by atoms with Gasteiger partial charge in [0.2, 0.25) is 11.6 Å². The molecule has 3 heterocycles. The van der Waals surface area contributed by atoms with Crippen LogP contribution in [0.2, 0.25) is 0 Å². The lowest BCUT2D eigenvalue weighted by atomic mass is 10.2. The van der Waals surface area contributed by atoms with Crippen LogP contribution in [-0.4, -0.2) is 36.0 Å². The second-order valence-corrected chi connectivity index (χ2v) is 6.77. The Balaban J connectivity index is 1.53. The van der Waals surface area contributed by atoms with Gasteiger partial charge in [-0.15, -0.1) is 5.10 Å². The number of ether oxygens (including phenoxy) is 1. The molecule has 0 spiro atoms. The molecule has 0 atom stereocenters. The minimum Gasteiger partial charge on any atom is -0.433 e. The van der Waals surface area contributed by atoms with E-state index in [-0.39, 0.29) is 17.5 Å². The van der Waals surface area contributed by atoms with Gasteiger partial charge in [0, 0.05) is 18.2 Å². The quantitative estimate of drug-likeness (QED) is 0.472. The fraction of sp³-hybridized carbons (Fsp3) is 0.250. The Bertz CT molecular complexity index is 1160. The Kier molecular flexibility index (Phi) is 4.98. The normalized spacial score (nSPS) is 11.6. The molecule has 0 N–H and O–H groups in total. The Morgan fingerprint density at radius 2 is 1.77 bits per heavy atom. The molecule has 1 aromatic carbocycles. The highest BCUT2D eigenvalue weighted by atomic mass is 19.3. The predicted octanol–water partition coefficient (Wildman–Crippen LogP) is 4.05. The Morgan fingerprint density at radius 3 is 2.47 bits per heavy atom. The van der Waals surface area contributed by atoms with Crippen molar-refractivity contribution in [3.8, 4) is 28.9 Å². The first-order valence-corrected chi connectivity index (χ1v) is 9.12. The Labute approximate surface area is 170 Å². The zero-order chi connectivity index (χ0) is 21.3. The summed E-state index contributed by atoms with van der Waals surface area (Å²) >= 11 is 0. The summed E-state index contributed by atoms with van der Waals surface area (Å²) in [6.45, 7) is 4.89. The summed E-state index contributed by atoms with van der Waals surface area (Å²) in [5, 5.41) is 8.36. The molecule has 0 aliphatic heterocycles. The highest BCUT2D eigenvalue weighted by Crippen LogP contribution is 2.25. The second-order valence-electron chi connectivity index (χ2n) is 6.77. The molecule has 0 aliphatic rings. The molecule has 0 saturated heterocycles. The monoisotopic (exact) mass is 412 g/mol. The molecular weight excluding hydrogens is 394 g/mol. The zero-order valence-corrected chi connectivity index (χ0v) is 16.5. The molecule has 0 bridgehead atoms. The lowest BCUT2D eigenvalue weighted by Gasteiger charge is -2.12. The number of rotatable bonds is 6. The SMILES string of the molecule is Cc1cccc(Cn2nc(-c3nc(-c4ccc(OC(C)(F)F)cc4)no3)nc2C)n1. The lowest BCUT2D eigenvalue weighted by molar-refractivity contribution is -0.158. The molecule has 0 radical (unpaired) electrons. The summed E-state index contributed by atoms with van der Waals surface area (Å²) in [5.41, 5.74) is 2.36. The number of hydrogen-bond acceptors (Lipinski definition) is 7. The third-order valence-corrected chi connectivity index (χ3v) is 4.14. The zero-order valence-electron chi connectivity index (χ0n) is 16.5. The largest absolute Gasteiger partial charge is 0.433 e. The van der Waals surface area contributed by atoms with Crippen molar-refractivity contribution in [3.05, 3.63) is 59.7 Å². The standard InChI is InChI=1S/C20H18F2N6O2/c1-12-5-4-6-15(23-12)11-28-13(2)24-18(26-28)19-25-17(27-30-19)14-7-9-16(10-8-14)29-20(3,21)22/h4-10H,11H2,1-3H3. The van der Waals surface area contributed by atoms with Crippen molar-refractivity contribution >= 4 is 0 Å². The molecule has 4 aromatic rings. The van der Waals surface area contributed by atoms with Crippen LogP contribution in [0, 0.1) is 13.8 Å². The number of aryl methyl sites for hydroxylation is 2. The number of alkyl halides is 2. The number of nitrogens with zero attached hydrogens (tertiary/aromatic N) is 6. The molecule has 0 fully saturated rings. The number of pyridine rings is 1. The maximum absolute atomic E-state index is 12.9. The lowest BCUT2D eigenvalue weighted by Crippen LogP contribution is -2.18. The molecule has 10 heteroatoms. The summed E-state index contributed by atoms with van der Waals surface area (Å²) in [5.74, 6) is 1.45. The molecule has 3 aromatic heterocycles. The molecule has 0 aliphatic carbocycles. The maximum Gasteiger partial charge on any atom is 0.394 e. The van der Waals surface area contributed by atoms with Crippen molar-refractivity contribution in [3.63, 3.8) is 0 Å². The third-order valence-electron chi connectivity index (χ3n) is 4.14. The summed E-state index contributed by atoms with van der Waals surface area (Å²) < 4.78 is 37.4. The van der Waals surface area contributed by atoms with Crippen LogP contribution in [0.1, 0.15) is 24.1 Å². The molecule has 0 saturated carbocycles. The van der Waals surface area contributed by atoms with Crippen LogP contribution < -0.4 is 4.74 Å². The first kappa shape index (κ1) is 19.6. The average Bonchev–Trinajstić information content (AvgIpc) is 3.29. The number of hydrogen-bond donors (Lipinski definition) is 0. The van der Waals surface area contributed by atoms with E-state index in [1.165, 1.54) is 12.1 Å². The minimum atomic E-state index is -3.25. The smallest absolute Gasteiger partial charge is 0.394 e. The first-order chi connectivity index (χ1) is 14.3. The van der Waals surface area contributed by atoms with Crippen molar-refractivity contribution in [2.45, 2.75) is 33.4 Å². The Morgan fingerprint density at radius 1 is 1.00 bits per heavy atom. The van der Waals surface area contributed by atoms with Gasteiger partial charge in [0.05, 0.1) is 12.2 Å². The van der Waals surface area contributed by atoms with Crippen molar-refractivity contribution in [2.24, 2.45) is 0 Å². The van der Waals surface area contributed by atoms with Crippen LogP contribution in [0.5, 0.6) is 5.75 Å². The second kappa shape index (κ2) is 7.62. The molecule has 4 rings (SSSR count). The molecule has 8 nitrogen and oxygen atoms in total. The van der Waals surface area contributed by atoms with E-state index >= 15 is 0 Å². The van der Waals surface area contributed by atoms with Gasteiger partial charge in [-0.25, -0.2) is 9.67 Å². The molecule has 30 heavy (non-hydrogen) atoms. The van der Waals surface area contributed by atoms with Crippen LogP contribution >= 0.6 is 0 Å². The maximum atomic E-state index is 12.9. The van der Waals surface area contributed by atoms with E-state index in [1.807, 2.05) is 32.0 Å². The highest BCUT2D eigenvalue weighted by molar-refractivity contribution is 5.57. The van der Waals surface area contributed by atoms with Crippen molar-refractivity contribution in [2.75, 3.05) is 0 Å². The van der Waals surface area contributed by atoms with Gasteiger partial charge in [-0.2, -0.15) is 13.8 Å². The van der Waals surface area contributed by atoms with Crippen LogP contribution in [0.3, 0.4) is 0 Å². The van der Waals surface area contributed by atoms with Gasteiger partial charge in [0.15, 0.2) is 0 Å². The fourth-order valence-electron chi connectivity index (χ4n) is 2.81. The van der Waals surface area contributed by atoms with E-state index < -0.39 is 6.11 Å². The fourth-order valence-corrected chi connectivity index (χ4v) is 2.81. The predicted molar refractivity (Wildman–Crippen MR) is 103 cm³/mol. The van der Waals surface area contributed by atoms with Crippen LogP contribution in [-0.2, 0) is 6.54 Å². The Hall–Kier alpha value is -3.69. The average molecular weight is 412 g/mol. The van der Waals surface area contributed by atoms with Crippen molar-refractivity contribution < 1.29 is 18.0 Å². The minimum absolute atomic E-state index is 0.0377. The molecule has 154 valence electrons. The van der Waals surface area contributed by atoms with Gasteiger partial charge in [-0.05, 0) is 50.2 Å². The van der Waals surface area contributed by atoms with Crippen LogP contribution in [0.15, 0.2) is 47.0 Å². The van der Waals surface area contributed by atoms with Gasteiger partial charge >= 0.3 is 6.11 Å². The first-order valence-electron chi connectivity index (χ1n) is 9.12. The van der Waals surface area contributed by atoms with E-state index in [0.717, 1.165) is 11.4 Å². The van der Waals surface area contributed by atoms with Gasteiger partial charge < -0.3 is 9.26 Å². The van der Waals surface area contributed by atoms with Gasteiger partial charge in [0.1, 0.15) is 11.6 Å². The van der Waals surface area contributed by atoms with Gasteiger partial charge in [0.25, 0.3) is 5.89 Å². The van der Waals surface area contributed by atoms with Crippen LogP contribution in [0.4, 0.5) is 8.78 Å². The van der Waals surface area contributed by atoms with E-state index in [2.05, 4.69) is 29.9 Å². The number of aromatic nitrogens is 6. The van der Waals surface area contributed by atoms with Gasteiger partial charge in [-0.3, -0.25) is 4.98 Å². The number of benzene rings is 1. The van der Waals surface area contributed by atoms with E-state index in [1.54, 1.807) is 16.8 Å². The summed E-state index contributed by atoms with van der Waals surface area (Å²) in [7, 11) is 0. The summed E-state index contributed by atoms with van der Waals surface area (Å²) in [4.78, 5) is 13.2. The highest BCUT2D eigenvalue weighted by Gasteiger charge is 2.23. The van der Waals surface area contributed by atoms with E-state index in [9.17, 15) is 8.78 Å². The van der Waals surface area contributed by atoms with Crippen LogP contribution in [0.25, 0.3) is 23.1 Å². The summed E-state index contributed by atoms with van der Waals surface area (Å²) in [6.07, 6.45) is -3.25. The van der Waals surface area contributed by atoms with E-state index in [0.29, 0.717) is 30.7 Å². The topological polar surface area (TPSA) is 91.8 Å².